The van der Waals surface area contributed by atoms with Crippen LogP contribution >= 0.6 is 0 Å². The van der Waals surface area contributed by atoms with Gasteiger partial charge in [-0.1, -0.05) is 6.07 Å². The number of hydrogen-bond donors (Lipinski definition) is 3. The van der Waals surface area contributed by atoms with Gasteiger partial charge in [-0.05, 0) is 106 Å². The molecule has 200 valence electrons. The molecule has 1 aromatic heterocycles. The van der Waals surface area contributed by atoms with Crippen molar-refractivity contribution in [1.29, 1.82) is 0 Å². The number of aliphatic carboxylic acids is 1. The Kier molecular flexibility index (Phi) is 9.14. The van der Waals surface area contributed by atoms with E-state index in [4.69, 9.17) is 9.72 Å². The molecule has 1 fully saturated rings. The lowest BCUT2D eigenvalue weighted by molar-refractivity contribution is -0.143. The van der Waals surface area contributed by atoms with Crippen LogP contribution in [-0.2, 0) is 22.4 Å². The Balaban J connectivity index is 1.12. The summed E-state index contributed by atoms with van der Waals surface area (Å²) in [6.45, 7) is 5.02. The van der Waals surface area contributed by atoms with Gasteiger partial charge in [0.05, 0.1) is 12.0 Å². The minimum Gasteiger partial charge on any atom is -0.481 e. The van der Waals surface area contributed by atoms with E-state index >= 15 is 0 Å². The number of carboxylic acid groups (broad SMARTS) is 1. The number of fused-ring (bicyclic) bond motifs is 1. The largest absolute Gasteiger partial charge is 0.481 e. The Bertz CT molecular complexity index is 1090. The number of nitrogens with zero attached hydrogens (tertiary/aromatic N) is 1. The summed E-state index contributed by atoms with van der Waals surface area (Å²) in [5, 5.41) is 15.8. The number of pyridine rings is 1. The van der Waals surface area contributed by atoms with Gasteiger partial charge in [-0.3, -0.25) is 9.59 Å². The number of amides is 1. The van der Waals surface area contributed by atoms with E-state index in [1.165, 1.54) is 17.7 Å². The van der Waals surface area contributed by atoms with Crippen molar-refractivity contribution in [3.63, 3.8) is 0 Å². The molecule has 2 heterocycles. The van der Waals surface area contributed by atoms with Crippen molar-refractivity contribution in [3.8, 4) is 0 Å². The number of halogens is 1. The molecule has 1 aliphatic heterocycles. The van der Waals surface area contributed by atoms with Crippen LogP contribution in [0.15, 0.2) is 24.3 Å². The third kappa shape index (κ3) is 7.28. The molecule has 1 aromatic carbocycles. The molecule has 8 heteroatoms. The predicted molar refractivity (Wildman–Crippen MR) is 140 cm³/mol. The highest BCUT2D eigenvalue weighted by Crippen LogP contribution is 2.34. The molecular formula is C29H38FN3O4. The Morgan fingerprint density at radius 2 is 1.97 bits per heavy atom. The first kappa shape index (κ1) is 27.0. The van der Waals surface area contributed by atoms with E-state index < -0.39 is 11.9 Å². The molecule has 1 atom stereocenters. The number of ether oxygens (including phenoxy) is 1. The third-order valence-electron chi connectivity index (χ3n) is 7.62. The SMILES string of the molecule is Cc1cc(F)cc(C)c1C(=O)NCCC(CCOC1CC(CCc2ccc3c(n2)NCCC3)C1)C(=O)O. The lowest BCUT2D eigenvalue weighted by Crippen LogP contribution is -2.33. The van der Waals surface area contributed by atoms with Crippen LogP contribution in [0.2, 0.25) is 0 Å². The molecule has 0 bridgehead atoms. The first-order valence-corrected chi connectivity index (χ1v) is 13.4. The summed E-state index contributed by atoms with van der Waals surface area (Å²) >= 11 is 0. The van der Waals surface area contributed by atoms with E-state index in [-0.39, 0.29) is 24.4 Å². The minimum atomic E-state index is -0.884. The number of anilines is 1. The number of nitrogens with one attached hydrogen (secondary N) is 2. The first-order valence-electron chi connectivity index (χ1n) is 13.4. The monoisotopic (exact) mass is 511 g/mol. The van der Waals surface area contributed by atoms with Gasteiger partial charge in [0.1, 0.15) is 11.6 Å². The molecule has 1 saturated carbocycles. The summed E-state index contributed by atoms with van der Waals surface area (Å²) < 4.78 is 19.4. The normalized spacial score (nSPS) is 19.3. The van der Waals surface area contributed by atoms with Gasteiger partial charge >= 0.3 is 5.97 Å². The van der Waals surface area contributed by atoms with Gasteiger partial charge in [0.15, 0.2) is 0 Å². The number of benzene rings is 1. The van der Waals surface area contributed by atoms with Crippen LogP contribution in [0.4, 0.5) is 10.2 Å². The van der Waals surface area contributed by atoms with Crippen molar-refractivity contribution in [2.45, 2.75) is 71.3 Å². The number of hydrogen-bond acceptors (Lipinski definition) is 5. The smallest absolute Gasteiger partial charge is 0.306 e. The molecule has 3 N–H and O–H groups in total. The van der Waals surface area contributed by atoms with E-state index in [1.807, 2.05) is 0 Å². The van der Waals surface area contributed by atoms with Crippen LogP contribution in [0, 0.1) is 31.5 Å². The van der Waals surface area contributed by atoms with E-state index in [0.29, 0.717) is 42.1 Å². The lowest BCUT2D eigenvalue weighted by Gasteiger charge is -2.35. The highest BCUT2D eigenvalue weighted by atomic mass is 19.1. The van der Waals surface area contributed by atoms with Crippen LogP contribution in [0.5, 0.6) is 0 Å². The topological polar surface area (TPSA) is 101 Å². The van der Waals surface area contributed by atoms with Gasteiger partial charge in [0.2, 0.25) is 0 Å². The van der Waals surface area contributed by atoms with E-state index in [9.17, 15) is 19.1 Å². The maximum absolute atomic E-state index is 13.5. The summed E-state index contributed by atoms with van der Waals surface area (Å²) in [6, 6.07) is 7.00. The number of aryl methyl sites for hydroxylation is 4. The van der Waals surface area contributed by atoms with Gasteiger partial charge in [-0.25, -0.2) is 9.37 Å². The molecule has 1 amide bonds. The van der Waals surface area contributed by atoms with E-state index in [2.05, 4.69) is 22.8 Å². The fraction of sp³-hybridized carbons (Fsp3) is 0.552. The predicted octanol–water partition coefficient (Wildman–Crippen LogP) is 4.83. The molecular weight excluding hydrogens is 473 g/mol. The van der Waals surface area contributed by atoms with Crippen molar-refractivity contribution < 1.29 is 23.8 Å². The highest BCUT2D eigenvalue weighted by Gasteiger charge is 2.30. The standard InChI is InChI=1S/C29H38FN3O4/c1-18-14-23(30)15-19(2)26(18)28(34)32-12-9-22(29(35)36)10-13-37-25-16-20(17-25)5-7-24-8-6-21-4-3-11-31-27(21)33-24/h6,8,14-15,20,22,25H,3-5,7,9-13,16-17H2,1-2H3,(H,31,33)(H,32,34)(H,35,36). The van der Waals surface area contributed by atoms with Crippen molar-refractivity contribution in [3.05, 3.63) is 58.0 Å². The summed E-state index contributed by atoms with van der Waals surface area (Å²) in [5.74, 6) is -0.482. The van der Waals surface area contributed by atoms with Crippen molar-refractivity contribution in [2.75, 3.05) is 25.0 Å². The Morgan fingerprint density at radius 1 is 1.22 bits per heavy atom. The summed E-state index contributed by atoms with van der Waals surface area (Å²) in [6.07, 6.45) is 7.27. The Hall–Kier alpha value is -3.00. The number of aromatic nitrogens is 1. The second kappa shape index (κ2) is 12.5. The molecule has 2 aromatic rings. The zero-order valence-electron chi connectivity index (χ0n) is 21.8. The number of carboxylic acids is 1. The van der Waals surface area contributed by atoms with Crippen LogP contribution in [-0.4, -0.2) is 47.8 Å². The zero-order valence-corrected chi connectivity index (χ0v) is 21.8. The molecule has 4 rings (SSSR count). The van der Waals surface area contributed by atoms with Gasteiger partial charge in [-0.15, -0.1) is 0 Å². The maximum Gasteiger partial charge on any atom is 0.306 e. The molecule has 1 unspecified atom stereocenters. The molecule has 7 nitrogen and oxygen atoms in total. The van der Waals surface area contributed by atoms with Gasteiger partial charge in [-0.2, -0.15) is 0 Å². The fourth-order valence-electron chi connectivity index (χ4n) is 5.39. The van der Waals surface area contributed by atoms with Crippen LogP contribution in [0.3, 0.4) is 0 Å². The van der Waals surface area contributed by atoms with E-state index in [0.717, 1.165) is 56.6 Å². The van der Waals surface area contributed by atoms with Crippen LogP contribution in [0.25, 0.3) is 0 Å². The molecule has 0 radical (unpaired) electrons. The summed E-state index contributed by atoms with van der Waals surface area (Å²) in [7, 11) is 0. The van der Waals surface area contributed by atoms with Gasteiger partial charge in [0, 0.05) is 31.0 Å². The van der Waals surface area contributed by atoms with Crippen LogP contribution < -0.4 is 10.6 Å². The van der Waals surface area contributed by atoms with Crippen LogP contribution in [0.1, 0.15) is 71.3 Å². The van der Waals surface area contributed by atoms with Crippen molar-refractivity contribution in [2.24, 2.45) is 11.8 Å². The Labute approximate surface area is 218 Å². The van der Waals surface area contributed by atoms with E-state index in [1.54, 1.807) is 13.8 Å². The average Bonchev–Trinajstić information content (AvgIpc) is 2.82. The highest BCUT2D eigenvalue weighted by molar-refractivity contribution is 5.97. The quantitative estimate of drug-likeness (QED) is 0.377. The average molecular weight is 512 g/mol. The first-order chi connectivity index (χ1) is 17.8. The molecule has 1 aliphatic carbocycles. The second-order valence-electron chi connectivity index (χ2n) is 10.5. The summed E-state index contributed by atoms with van der Waals surface area (Å²) in [4.78, 5) is 29.0. The van der Waals surface area contributed by atoms with Gasteiger partial charge in [0.25, 0.3) is 5.91 Å². The Morgan fingerprint density at radius 3 is 2.70 bits per heavy atom. The minimum absolute atomic E-state index is 0.196. The summed E-state index contributed by atoms with van der Waals surface area (Å²) in [5.41, 5.74) is 4.02. The number of carbonyl (C=O) groups is 2. The van der Waals surface area contributed by atoms with Crippen molar-refractivity contribution in [1.82, 2.24) is 10.3 Å². The second-order valence-corrected chi connectivity index (χ2v) is 10.5. The number of rotatable bonds is 12. The zero-order chi connectivity index (χ0) is 26.4. The number of carbonyl (C=O) groups excluding carboxylic acids is 1. The molecule has 0 spiro atoms. The lowest BCUT2D eigenvalue weighted by atomic mass is 9.79. The fourth-order valence-corrected chi connectivity index (χ4v) is 5.39. The third-order valence-corrected chi connectivity index (χ3v) is 7.62. The van der Waals surface area contributed by atoms with Crippen molar-refractivity contribution >= 4 is 17.7 Å². The molecule has 2 aliphatic rings. The molecule has 37 heavy (non-hydrogen) atoms. The van der Waals surface area contributed by atoms with Gasteiger partial charge < -0.3 is 20.5 Å². The maximum atomic E-state index is 13.5. The molecule has 0 saturated heterocycles.